The average molecular weight is 386 g/mol. The van der Waals surface area contributed by atoms with Crippen LogP contribution in [0.4, 0.5) is 11.5 Å². The van der Waals surface area contributed by atoms with E-state index in [1.165, 1.54) is 13.1 Å². The molecule has 0 fully saturated rings. The summed E-state index contributed by atoms with van der Waals surface area (Å²) in [7, 11) is -3.86. The van der Waals surface area contributed by atoms with Crippen molar-refractivity contribution in [2.24, 2.45) is 0 Å². The van der Waals surface area contributed by atoms with Crippen LogP contribution in [0.1, 0.15) is 18.3 Å². The largest absolute Gasteiger partial charge is 0.334 e. The molecule has 10 heteroatoms. The third-order valence-electron chi connectivity index (χ3n) is 3.67. The summed E-state index contributed by atoms with van der Waals surface area (Å²) in [6, 6.07) is 5.09. The Bertz CT molecular complexity index is 1110. The number of carbonyl (C=O) groups excluding carboxylic acids is 1. The van der Waals surface area contributed by atoms with Crippen molar-refractivity contribution in [3.63, 3.8) is 0 Å². The zero-order valence-corrected chi connectivity index (χ0v) is 15.8. The fourth-order valence-corrected chi connectivity index (χ4v) is 3.45. The van der Waals surface area contributed by atoms with Crippen LogP contribution < -0.4 is 10.0 Å². The second kappa shape index (κ2) is 7.16. The van der Waals surface area contributed by atoms with Crippen LogP contribution >= 0.6 is 0 Å². The molecule has 1 amide bonds. The fraction of sp³-hybridized carbons (Fsp3) is 0.176. The summed E-state index contributed by atoms with van der Waals surface area (Å²) in [5, 5.41) is 2.44. The number of aromatic amines is 1. The van der Waals surface area contributed by atoms with E-state index in [1.807, 2.05) is 0 Å². The first-order chi connectivity index (χ1) is 12.7. The molecule has 3 aromatic rings. The van der Waals surface area contributed by atoms with Gasteiger partial charge in [-0.1, -0.05) is 0 Å². The molecule has 3 heterocycles. The zero-order chi connectivity index (χ0) is 19.6. The van der Waals surface area contributed by atoms with E-state index in [0.29, 0.717) is 28.5 Å². The maximum Gasteiger partial charge on any atom is 0.295 e. The Morgan fingerprint density at radius 1 is 1.15 bits per heavy atom. The number of anilines is 2. The Morgan fingerprint density at radius 2 is 1.93 bits per heavy atom. The van der Waals surface area contributed by atoms with Gasteiger partial charge in [-0.3, -0.25) is 14.5 Å². The predicted molar refractivity (Wildman–Crippen MR) is 101 cm³/mol. The second-order valence-corrected chi connectivity index (χ2v) is 7.52. The van der Waals surface area contributed by atoms with Gasteiger partial charge in [0.05, 0.1) is 17.1 Å². The highest BCUT2D eigenvalue weighted by Crippen LogP contribution is 2.26. The van der Waals surface area contributed by atoms with E-state index in [4.69, 9.17) is 0 Å². The van der Waals surface area contributed by atoms with E-state index >= 15 is 0 Å². The zero-order valence-electron chi connectivity index (χ0n) is 14.9. The molecular formula is C17H18N6O3S. The molecule has 3 aromatic heterocycles. The summed E-state index contributed by atoms with van der Waals surface area (Å²) < 4.78 is 27.5. The highest BCUT2D eigenvalue weighted by Gasteiger charge is 2.19. The maximum absolute atomic E-state index is 12.5. The Balaban J connectivity index is 1.94. The molecule has 0 saturated carbocycles. The number of aryl methyl sites for hydroxylation is 2. The monoisotopic (exact) mass is 386 g/mol. The summed E-state index contributed by atoms with van der Waals surface area (Å²) in [4.78, 5) is 26.1. The van der Waals surface area contributed by atoms with Gasteiger partial charge in [0.15, 0.2) is 0 Å². The Labute approximate surface area is 156 Å². The summed E-state index contributed by atoms with van der Waals surface area (Å²) in [6.07, 6.45) is 4.68. The van der Waals surface area contributed by atoms with Gasteiger partial charge in [0.25, 0.3) is 10.0 Å². The molecular weight excluding hydrogens is 368 g/mol. The third-order valence-corrected chi connectivity index (χ3v) is 4.87. The van der Waals surface area contributed by atoms with Gasteiger partial charge in [-0.15, -0.1) is 0 Å². The Kier molecular flexibility index (Phi) is 4.91. The van der Waals surface area contributed by atoms with E-state index < -0.39 is 10.0 Å². The highest BCUT2D eigenvalue weighted by atomic mass is 32.2. The molecule has 0 bridgehead atoms. The van der Waals surface area contributed by atoms with Crippen LogP contribution in [0.25, 0.3) is 11.1 Å². The number of hydrogen-bond donors (Lipinski definition) is 3. The van der Waals surface area contributed by atoms with Crippen molar-refractivity contribution in [3.8, 4) is 11.1 Å². The molecule has 140 valence electrons. The van der Waals surface area contributed by atoms with Crippen LogP contribution in [0.2, 0.25) is 0 Å². The van der Waals surface area contributed by atoms with Crippen molar-refractivity contribution in [1.82, 2.24) is 19.9 Å². The lowest BCUT2D eigenvalue weighted by Crippen LogP contribution is -2.15. The number of aromatic nitrogens is 4. The normalized spacial score (nSPS) is 11.2. The standard InChI is InChI=1S/C17H18N6O3S/c1-10-8-20-17(21-10)27(25,26)23-15-6-14(9-19-11(15)2)13-4-5-18-16(7-13)22-12(3)24/h4-9,23H,1-3H3,(H,20,21)(H,18,22,24). The van der Waals surface area contributed by atoms with Crippen LogP contribution in [-0.2, 0) is 14.8 Å². The maximum atomic E-state index is 12.5. The summed E-state index contributed by atoms with van der Waals surface area (Å²) in [5.41, 5.74) is 2.82. The topological polar surface area (TPSA) is 130 Å². The van der Waals surface area contributed by atoms with Crippen LogP contribution in [0.3, 0.4) is 0 Å². The molecule has 27 heavy (non-hydrogen) atoms. The number of pyridine rings is 2. The van der Waals surface area contributed by atoms with Crippen LogP contribution in [0.5, 0.6) is 0 Å². The van der Waals surface area contributed by atoms with Crippen LogP contribution in [0.15, 0.2) is 41.9 Å². The van der Waals surface area contributed by atoms with Crippen LogP contribution in [-0.4, -0.2) is 34.3 Å². The molecule has 3 rings (SSSR count). The Morgan fingerprint density at radius 3 is 2.59 bits per heavy atom. The number of hydrogen-bond acceptors (Lipinski definition) is 6. The molecule has 0 spiro atoms. The van der Waals surface area contributed by atoms with Gasteiger partial charge in [-0.25, -0.2) is 9.97 Å². The number of H-pyrrole nitrogens is 1. The lowest BCUT2D eigenvalue weighted by molar-refractivity contribution is -0.114. The molecule has 0 aliphatic rings. The molecule has 0 unspecified atom stereocenters. The number of rotatable bonds is 5. The molecule has 0 saturated heterocycles. The lowest BCUT2D eigenvalue weighted by Gasteiger charge is -2.11. The van der Waals surface area contributed by atoms with Crippen molar-refractivity contribution in [1.29, 1.82) is 0 Å². The third kappa shape index (κ3) is 4.29. The molecule has 0 radical (unpaired) electrons. The number of nitrogens with one attached hydrogen (secondary N) is 3. The molecule has 0 aliphatic carbocycles. The van der Waals surface area contributed by atoms with E-state index in [0.717, 1.165) is 5.56 Å². The van der Waals surface area contributed by atoms with Crippen molar-refractivity contribution in [2.45, 2.75) is 25.9 Å². The van der Waals surface area contributed by atoms with Gasteiger partial charge < -0.3 is 10.3 Å². The fourth-order valence-electron chi connectivity index (χ4n) is 2.37. The summed E-state index contributed by atoms with van der Waals surface area (Å²) in [6.45, 7) is 4.79. The first-order valence-corrected chi connectivity index (χ1v) is 9.48. The highest BCUT2D eigenvalue weighted by molar-refractivity contribution is 7.92. The molecule has 3 N–H and O–H groups in total. The smallest absolute Gasteiger partial charge is 0.295 e. The molecule has 9 nitrogen and oxygen atoms in total. The number of carbonyl (C=O) groups is 1. The van der Waals surface area contributed by atoms with Crippen molar-refractivity contribution in [2.75, 3.05) is 10.0 Å². The minimum atomic E-state index is -3.86. The van der Waals surface area contributed by atoms with Gasteiger partial charge in [-0.05, 0) is 37.6 Å². The number of amides is 1. The number of nitrogens with zero attached hydrogens (tertiary/aromatic N) is 3. The van der Waals surface area contributed by atoms with Gasteiger partial charge in [0, 0.05) is 31.1 Å². The van der Waals surface area contributed by atoms with E-state index in [-0.39, 0.29) is 11.1 Å². The predicted octanol–water partition coefficient (Wildman–Crippen LogP) is 2.24. The minimum absolute atomic E-state index is 0.165. The number of imidazole rings is 1. The first kappa shape index (κ1) is 18.5. The molecule has 0 atom stereocenters. The summed E-state index contributed by atoms with van der Waals surface area (Å²) >= 11 is 0. The number of sulfonamides is 1. The van der Waals surface area contributed by atoms with E-state index in [9.17, 15) is 13.2 Å². The molecule has 0 aliphatic heterocycles. The van der Waals surface area contributed by atoms with Crippen molar-refractivity contribution >= 4 is 27.4 Å². The first-order valence-electron chi connectivity index (χ1n) is 8.00. The molecule has 0 aromatic carbocycles. The van der Waals surface area contributed by atoms with Gasteiger partial charge in [0.1, 0.15) is 5.82 Å². The Hall–Kier alpha value is -3.27. The van der Waals surface area contributed by atoms with E-state index in [2.05, 4.69) is 30.0 Å². The SMILES string of the molecule is CC(=O)Nc1cc(-c2cnc(C)c(NS(=O)(=O)c3nc(C)c[nH]3)c2)ccn1. The van der Waals surface area contributed by atoms with Gasteiger partial charge >= 0.3 is 0 Å². The van der Waals surface area contributed by atoms with Crippen LogP contribution in [0, 0.1) is 13.8 Å². The summed E-state index contributed by atoms with van der Waals surface area (Å²) in [5.74, 6) is 0.164. The lowest BCUT2D eigenvalue weighted by atomic mass is 10.1. The van der Waals surface area contributed by atoms with Crippen molar-refractivity contribution < 1.29 is 13.2 Å². The van der Waals surface area contributed by atoms with E-state index in [1.54, 1.807) is 44.4 Å². The quantitative estimate of drug-likeness (QED) is 0.616. The second-order valence-electron chi connectivity index (χ2n) is 5.92. The average Bonchev–Trinajstić information content (AvgIpc) is 3.04. The van der Waals surface area contributed by atoms with Crippen molar-refractivity contribution in [3.05, 3.63) is 48.2 Å². The van der Waals surface area contributed by atoms with Gasteiger partial charge in [-0.2, -0.15) is 8.42 Å². The minimum Gasteiger partial charge on any atom is -0.334 e. The van der Waals surface area contributed by atoms with Gasteiger partial charge in [0.2, 0.25) is 11.1 Å².